The number of nitrogens with one attached hydrogen (secondary N) is 1. The number of ether oxygens (including phenoxy) is 1. The molecule has 0 spiro atoms. The van der Waals surface area contributed by atoms with Gasteiger partial charge in [-0.15, -0.1) is 0 Å². The molecule has 4 nitrogen and oxygen atoms in total. The number of rotatable bonds is 2. The molecule has 16 heavy (non-hydrogen) atoms. The van der Waals surface area contributed by atoms with Crippen molar-refractivity contribution in [2.45, 2.75) is 19.9 Å². The predicted molar refractivity (Wildman–Crippen MR) is 64.0 cm³/mol. The van der Waals surface area contributed by atoms with Crippen molar-refractivity contribution in [3.63, 3.8) is 0 Å². The third-order valence-electron chi connectivity index (χ3n) is 2.87. The van der Waals surface area contributed by atoms with Crippen molar-refractivity contribution in [3.8, 4) is 5.75 Å². The number of benzene rings is 1. The molecule has 0 saturated carbocycles. The van der Waals surface area contributed by atoms with E-state index < -0.39 is 0 Å². The lowest BCUT2D eigenvalue weighted by atomic mass is 10.3. The Morgan fingerprint density at radius 1 is 1.50 bits per heavy atom. The molecule has 0 saturated heterocycles. The minimum atomic E-state index is 0.692. The molecule has 2 heterocycles. The number of anilines is 1. The van der Waals surface area contributed by atoms with Gasteiger partial charge in [0.25, 0.3) is 0 Å². The maximum absolute atomic E-state index is 5.48. The molecule has 4 heteroatoms. The first-order chi connectivity index (χ1) is 7.88. The number of hydrogen-bond acceptors (Lipinski definition) is 3. The minimum absolute atomic E-state index is 0.692. The first-order valence-electron chi connectivity index (χ1n) is 5.75. The summed E-state index contributed by atoms with van der Waals surface area (Å²) in [4.78, 5) is 4.57. The highest BCUT2D eigenvalue weighted by Crippen LogP contribution is 2.26. The van der Waals surface area contributed by atoms with Gasteiger partial charge in [0.15, 0.2) is 0 Å². The first kappa shape index (κ1) is 9.51. The maximum Gasteiger partial charge on any atom is 0.203 e. The molecule has 0 unspecified atom stereocenters. The Morgan fingerprint density at radius 3 is 3.31 bits per heavy atom. The van der Waals surface area contributed by atoms with Gasteiger partial charge in [-0.3, -0.25) is 0 Å². The fourth-order valence-corrected chi connectivity index (χ4v) is 2.16. The van der Waals surface area contributed by atoms with Crippen LogP contribution < -0.4 is 10.1 Å². The fourth-order valence-electron chi connectivity index (χ4n) is 2.16. The van der Waals surface area contributed by atoms with Crippen molar-refractivity contribution in [2.24, 2.45) is 0 Å². The van der Waals surface area contributed by atoms with Gasteiger partial charge in [-0.25, -0.2) is 4.98 Å². The van der Waals surface area contributed by atoms with E-state index in [1.54, 1.807) is 0 Å². The van der Waals surface area contributed by atoms with E-state index in [0.29, 0.717) is 6.61 Å². The van der Waals surface area contributed by atoms with Crippen LogP contribution in [0.2, 0.25) is 0 Å². The summed E-state index contributed by atoms with van der Waals surface area (Å²) in [5.41, 5.74) is 2.20. The van der Waals surface area contributed by atoms with E-state index in [2.05, 4.69) is 20.9 Å². The SMILES string of the molecule is CCOc1ccc2c(c1)nc1n2CCCN1. The van der Waals surface area contributed by atoms with Crippen LogP contribution in [0.4, 0.5) is 5.95 Å². The number of aryl methyl sites for hydroxylation is 1. The highest BCUT2D eigenvalue weighted by Gasteiger charge is 2.13. The summed E-state index contributed by atoms with van der Waals surface area (Å²) in [7, 11) is 0. The Morgan fingerprint density at radius 2 is 2.44 bits per heavy atom. The molecule has 0 fully saturated rings. The molecule has 0 atom stereocenters. The maximum atomic E-state index is 5.48. The van der Waals surface area contributed by atoms with Crippen LogP contribution in [0.1, 0.15) is 13.3 Å². The third kappa shape index (κ3) is 1.41. The van der Waals surface area contributed by atoms with Crippen molar-refractivity contribution >= 4 is 17.0 Å². The molecule has 0 amide bonds. The van der Waals surface area contributed by atoms with Crippen LogP contribution in [0.25, 0.3) is 11.0 Å². The van der Waals surface area contributed by atoms with Crippen molar-refractivity contribution in [2.75, 3.05) is 18.5 Å². The molecule has 84 valence electrons. The normalized spacial score (nSPS) is 14.6. The summed E-state index contributed by atoms with van der Waals surface area (Å²) < 4.78 is 7.71. The van der Waals surface area contributed by atoms with E-state index in [4.69, 9.17) is 4.74 Å². The zero-order chi connectivity index (χ0) is 11.0. The Labute approximate surface area is 94.2 Å². The summed E-state index contributed by atoms with van der Waals surface area (Å²) in [6.07, 6.45) is 1.16. The van der Waals surface area contributed by atoms with Crippen LogP contribution >= 0.6 is 0 Å². The van der Waals surface area contributed by atoms with Crippen molar-refractivity contribution in [1.29, 1.82) is 0 Å². The molecule has 1 N–H and O–H groups in total. The molecular weight excluding hydrogens is 202 g/mol. The summed E-state index contributed by atoms with van der Waals surface area (Å²) >= 11 is 0. The van der Waals surface area contributed by atoms with Crippen LogP contribution in [0.15, 0.2) is 18.2 Å². The number of hydrogen-bond donors (Lipinski definition) is 1. The predicted octanol–water partition coefficient (Wildman–Crippen LogP) is 2.25. The second kappa shape index (κ2) is 3.70. The van der Waals surface area contributed by atoms with Gasteiger partial charge in [0.2, 0.25) is 5.95 Å². The van der Waals surface area contributed by atoms with Crippen molar-refractivity contribution in [1.82, 2.24) is 9.55 Å². The molecular formula is C12H15N3O. The average molecular weight is 217 g/mol. The Balaban J connectivity index is 2.11. The molecule has 1 aromatic carbocycles. The molecule has 0 aliphatic carbocycles. The molecule has 0 bridgehead atoms. The minimum Gasteiger partial charge on any atom is -0.494 e. The molecule has 1 aliphatic rings. The lowest BCUT2D eigenvalue weighted by Crippen LogP contribution is -2.16. The molecule has 1 aromatic heterocycles. The first-order valence-corrected chi connectivity index (χ1v) is 5.75. The quantitative estimate of drug-likeness (QED) is 0.838. The summed E-state index contributed by atoms with van der Waals surface area (Å²) in [5, 5.41) is 3.31. The van der Waals surface area contributed by atoms with Crippen molar-refractivity contribution in [3.05, 3.63) is 18.2 Å². The number of fused-ring (bicyclic) bond motifs is 3. The summed E-state index contributed by atoms with van der Waals surface area (Å²) in [5.74, 6) is 1.88. The number of imidazole rings is 1. The van der Waals surface area contributed by atoms with Crippen LogP contribution in [0, 0.1) is 0 Å². The lowest BCUT2D eigenvalue weighted by Gasteiger charge is -2.15. The monoisotopic (exact) mass is 217 g/mol. The van der Waals surface area contributed by atoms with E-state index in [9.17, 15) is 0 Å². The topological polar surface area (TPSA) is 39.1 Å². The highest BCUT2D eigenvalue weighted by atomic mass is 16.5. The summed E-state index contributed by atoms with van der Waals surface area (Å²) in [6, 6.07) is 6.10. The van der Waals surface area contributed by atoms with E-state index in [0.717, 1.165) is 36.7 Å². The van der Waals surface area contributed by atoms with Crippen LogP contribution in [0.5, 0.6) is 5.75 Å². The van der Waals surface area contributed by atoms with Gasteiger partial charge < -0.3 is 14.6 Å². The van der Waals surface area contributed by atoms with Gasteiger partial charge in [0.1, 0.15) is 5.75 Å². The second-order valence-electron chi connectivity index (χ2n) is 3.95. The average Bonchev–Trinajstić information content (AvgIpc) is 2.67. The van der Waals surface area contributed by atoms with E-state index in [-0.39, 0.29) is 0 Å². The van der Waals surface area contributed by atoms with Gasteiger partial charge in [-0.2, -0.15) is 0 Å². The number of aromatic nitrogens is 2. The van der Waals surface area contributed by atoms with Crippen molar-refractivity contribution < 1.29 is 4.74 Å². The molecule has 3 rings (SSSR count). The number of nitrogens with zero attached hydrogens (tertiary/aromatic N) is 2. The van der Waals surface area contributed by atoms with E-state index in [1.165, 1.54) is 5.52 Å². The lowest BCUT2D eigenvalue weighted by molar-refractivity contribution is 0.340. The second-order valence-corrected chi connectivity index (χ2v) is 3.95. The smallest absolute Gasteiger partial charge is 0.203 e. The Hall–Kier alpha value is -1.71. The molecule has 2 aromatic rings. The van der Waals surface area contributed by atoms with Gasteiger partial charge in [0, 0.05) is 19.2 Å². The van der Waals surface area contributed by atoms with Crippen LogP contribution in [-0.4, -0.2) is 22.7 Å². The van der Waals surface area contributed by atoms with E-state index in [1.807, 2.05) is 19.1 Å². The highest BCUT2D eigenvalue weighted by molar-refractivity contribution is 5.80. The largest absolute Gasteiger partial charge is 0.494 e. The zero-order valence-electron chi connectivity index (χ0n) is 9.36. The fraction of sp³-hybridized carbons (Fsp3) is 0.417. The van der Waals surface area contributed by atoms with Crippen LogP contribution in [0.3, 0.4) is 0 Å². The Kier molecular flexibility index (Phi) is 2.20. The zero-order valence-corrected chi connectivity index (χ0v) is 9.36. The Bertz CT molecular complexity index is 518. The summed E-state index contributed by atoms with van der Waals surface area (Å²) in [6.45, 7) is 4.75. The van der Waals surface area contributed by atoms with E-state index >= 15 is 0 Å². The molecule has 1 aliphatic heterocycles. The van der Waals surface area contributed by atoms with Gasteiger partial charge in [0.05, 0.1) is 17.6 Å². The van der Waals surface area contributed by atoms with Gasteiger partial charge in [-0.1, -0.05) is 0 Å². The van der Waals surface area contributed by atoms with Gasteiger partial charge in [-0.05, 0) is 25.5 Å². The van der Waals surface area contributed by atoms with Crippen LogP contribution in [-0.2, 0) is 6.54 Å². The van der Waals surface area contributed by atoms with Gasteiger partial charge >= 0.3 is 0 Å². The molecule has 0 radical (unpaired) electrons. The standard InChI is InChI=1S/C12H15N3O/c1-2-16-9-4-5-11-10(8-9)14-12-13-6-3-7-15(11)12/h4-5,8H,2-3,6-7H2,1H3,(H,13,14). The third-order valence-corrected chi connectivity index (χ3v) is 2.87.